The molecule has 0 fully saturated rings. The molecule has 5 nitrogen and oxygen atoms in total. The second-order valence-corrected chi connectivity index (χ2v) is 4.64. The molecule has 1 N–H and O–H groups in total. The lowest BCUT2D eigenvalue weighted by Gasteiger charge is -2.23. The second kappa shape index (κ2) is 7.11. The van der Waals surface area contributed by atoms with Crippen molar-refractivity contribution < 1.29 is 14.3 Å². The first-order valence-electron chi connectivity index (χ1n) is 5.77. The third-order valence-electron chi connectivity index (χ3n) is 2.77. The Morgan fingerprint density at radius 3 is 2.74 bits per heavy atom. The Balaban J connectivity index is 2.59. The van der Waals surface area contributed by atoms with Crippen LogP contribution in [0.4, 0.5) is 4.79 Å². The Morgan fingerprint density at radius 1 is 1.47 bits per heavy atom. The van der Waals surface area contributed by atoms with Crippen molar-refractivity contribution in [2.45, 2.75) is 19.5 Å². The minimum Gasteiger partial charge on any atom is -0.453 e. The van der Waals surface area contributed by atoms with Crippen molar-refractivity contribution in [1.82, 2.24) is 10.2 Å². The number of halogens is 1. The van der Waals surface area contributed by atoms with Crippen molar-refractivity contribution >= 4 is 23.6 Å². The van der Waals surface area contributed by atoms with E-state index in [1.165, 1.54) is 7.11 Å². The largest absolute Gasteiger partial charge is 0.453 e. The number of carbonyl (C=O) groups is 2. The summed E-state index contributed by atoms with van der Waals surface area (Å²) in [5.74, 6) is -0.406. The molecular weight excluding hydrogens is 268 g/mol. The Hall–Kier alpha value is -1.59. The number of ether oxygens (including phenoxy) is 1. The molecule has 104 valence electrons. The molecule has 0 aliphatic carbocycles. The molecule has 1 rings (SSSR count). The molecule has 0 heterocycles. The number of imide groups is 1. The summed E-state index contributed by atoms with van der Waals surface area (Å²) < 4.78 is 4.38. The van der Waals surface area contributed by atoms with Gasteiger partial charge in [0.2, 0.25) is 5.91 Å². The van der Waals surface area contributed by atoms with Crippen molar-refractivity contribution in [1.29, 1.82) is 0 Å². The highest BCUT2D eigenvalue weighted by Crippen LogP contribution is 2.13. The summed E-state index contributed by atoms with van der Waals surface area (Å²) in [5, 5.41) is 2.79. The Bertz CT molecular complexity index is 465. The van der Waals surface area contributed by atoms with E-state index in [2.05, 4.69) is 10.1 Å². The molecule has 1 aromatic carbocycles. The zero-order chi connectivity index (χ0) is 14.4. The van der Waals surface area contributed by atoms with E-state index in [4.69, 9.17) is 11.6 Å². The summed E-state index contributed by atoms with van der Waals surface area (Å²) in [4.78, 5) is 24.5. The van der Waals surface area contributed by atoms with Crippen molar-refractivity contribution in [3.63, 3.8) is 0 Å². The Labute approximate surface area is 117 Å². The van der Waals surface area contributed by atoms with Gasteiger partial charge in [0.1, 0.15) is 0 Å². The fourth-order valence-electron chi connectivity index (χ4n) is 1.52. The van der Waals surface area contributed by atoms with E-state index in [0.717, 1.165) is 5.56 Å². The Morgan fingerprint density at radius 2 is 2.16 bits per heavy atom. The Kier molecular flexibility index (Phi) is 5.79. The summed E-state index contributed by atoms with van der Waals surface area (Å²) in [6, 6.07) is 6.94. The van der Waals surface area contributed by atoms with Crippen LogP contribution in [-0.4, -0.2) is 37.1 Å². The van der Waals surface area contributed by atoms with Gasteiger partial charge in [0.15, 0.2) is 0 Å². The van der Waals surface area contributed by atoms with Crippen molar-refractivity contribution in [2.75, 3.05) is 14.2 Å². The number of alkyl carbamates (subject to hydrolysis) is 1. The topological polar surface area (TPSA) is 58.6 Å². The van der Waals surface area contributed by atoms with Gasteiger partial charge < -0.3 is 4.74 Å². The highest BCUT2D eigenvalue weighted by molar-refractivity contribution is 6.30. The number of hydrogen-bond donors (Lipinski definition) is 1. The molecule has 0 radical (unpaired) electrons. The van der Waals surface area contributed by atoms with Crippen LogP contribution in [0.25, 0.3) is 0 Å². The van der Waals surface area contributed by atoms with Gasteiger partial charge >= 0.3 is 6.09 Å². The van der Waals surface area contributed by atoms with Crippen LogP contribution in [0.2, 0.25) is 5.02 Å². The van der Waals surface area contributed by atoms with Gasteiger partial charge in [-0.1, -0.05) is 23.7 Å². The van der Waals surface area contributed by atoms with Crippen molar-refractivity contribution in [3.05, 3.63) is 34.9 Å². The van der Waals surface area contributed by atoms with E-state index in [1.807, 2.05) is 23.1 Å². The number of benzene rings is 1. The molecule has 0 unspecified atom stereocenters. The number of nitrogens with one attached hydrogen (secondary N) is 1. The van der Waals surface area contributed by atoms with Crippen LogP contribution in [0.3, 0.4) is 0 Å². The van der Waals surface area contributed by atoms with Gasteiger partial charge in [0.05, 0.1) is 13.2 Å². The lowest BCUT2D eigenvalue weighted by Crippen LogP contribution is -2.45. The predicted molar refractivity (Wildman–Crippen MR) is 72.9 cm³/mol. The van der Waals surface area contributed by atoms with Gasteiger partial charge in [0, 0.05) is 11.6 Å². The van der Waals surface area contributed by atoms with Crippen LogP contribution in [0.5, 0.6) is 0 Å². The average Bonchev–Trinajstić information content (AvgIpc) is 2.37. The summed E-state index contributed by atoms with van der Waals surface area (Å²) in [6.45, 7) is 2.26. The number of methoxy groups -OCH3 is 1. The van der Waals surface area contributed by atoms with Crippen LogP contribution in [0.1, 0.15) is 12.5 Å². The lowest BCUT2D eigenvalue weighted by molar-refractivity contribution is -0.124. The second-order valence-electron chi connectivity index (χ2n) is 4.20. The van der Waals surface area contributed by atoms with E-state index in [-0.39, 0.29) is 0 Å². The maximum Gasteiger partial charge on any atom is 0.413 e. The van der Waals surface area contributed by atoms with E-state index in [9.17, 15) is 9.59 Å². The SMILES string of the molecule is COC(=O)NC(=O)[C@H](C)N(C)Cc1cccc(Cl)c1. The summed E-state index contributed by atoms with van der Waals surface area (Å²) in [7, 11) is 3.01. The molecular formula is C13H17ClN2O3. The van der Waals surface area contributed by atoms with Crippen molar-refractivity contribution in [3.8, 4) is 0 Å². The molecule has 0 saturated heterocycles. The van der Waals surface area contributed by atoms with E-state index >= 15 is 0 Å². The summed E-state index contributed by atoms with van der Waals surface area (Å²) in [6.07, 6.45) is -0.756. The highest BCUT2D eigenvalue weighted by atomic mass is 35.5. The lowest BCUT2D eigenvalue weighted by atomic mass is 10.2. The van der Waals surface area contributed by atoms with Crippen LogP contribution in [-0.2, 0) is 16.1 Å². The molecule has 0 saturated carbocycles. The third-order valence-corrected chi connectivity index (χ3v) is 3.01. The minimum atomic E-state index is -0.756. The number of rotatable bonds is 4. The standard InChI is InChI=1S/C13H17ClN2O3/c1-9(12(17)15-13(18)19-3)16(2)8-10-5-4-6-11(14)7-10/h4-7,9H,8H2,1-3H3,(H,15,17,18)/t9-/m0/s1. The number of carbonyl (C=O) groups excluding carboxylic acids is 2. The quantitative estimate of drug-likeness (QED) is 0.919. The molecule has 19 heavy (non-hydrogen) atoms. The molecule has 0 aliphatic heterocycles. The first-order chi connectivity index (χ1) is 8.93. The normalized spacial score (nSPS) is 12.1. The maximum atomic E-state index is 11.7. The monoisotopic (exact) mass is 284 g/mol. The van der Waals surface area contributed by atoms with Gasteiger partial charge in [-0.25, -0.2) is 4.79 Å². The predicted octanol–water partition coefficient (Wildman–Crippen LogP) is 2.04. The smallest absolute Gasteiger partial charge is 0.413 e. The van der Waals surface area contributed by atoms with Crippen LogP contribution >= 0.6 is 11.6 Å². The highest BCUT2D eigenvalue weighted by Gasteiger charge is 2.20. The first-order valence-corrected chi connectivity index (χ1v) is 6.15. The van der Waals surface area contributed by atoms with Gasteiger partial charge in [0.25, 0.3) is 0 Å². The van der Waals surface area contributed by atoms with Crippen LogP contribution in [0.15, 0.2) is 24.3 Å². The molecule has 2 amide bonds. The number of hydrogen-bond acceptors (Lipinski definition) is 4. The third kappa shape index (κ3) is 4.89. The van der Waals surface area contributed by atoms with E-state index in [1.54, 1.807) is 20.0 Å². The number of amides is 2. The maximum absolute atomic E-state index is 11.7. The molecule has 6 heteroatoms. The van der Waals surface area contributed by atoms with Crippen molar-refractivity contribution in [2.24, 2.45) is 0 Å². The fourth-order valence-corrected chi connectivity index (χ4v) is 1.73. The number of likely N-dealkylation sites (N-methyl/N-ethyl adjacent to an activating group) is 1. The van der Waals surface area contributed by atoms with Gasteiger partial charge in [-0.15, -0.1) is 0 Å². The fraction of sp³-hybridized carbons (Fsp3) is 0.385. The molecule has 0 aliphatic rings. The molecule has 0 aromatic heterocycles. The summed E-state index contributed by atoms with van der Waals surface area (Å²) >= 11 is 5.90. The first kappa shape index (κ1) is 15.5. The van der Waals surface area contributed by atoms with Crippen LogP contribution < -0.4 is 5.32 Å². The van der Waals surface area contributed by atoms with Gasteiger partial charge in [-0.3, -0.25) is 15.0 Å². The van der Waals surface area contributed by atoms with Gasteiger partial charge in [-0.2, -0.15) is 0 Å². The van der Waals surface area contributed by atoms with Crippen LogP contribution in [0, 0.1) is 0 Å². The molecule has 1 atom stereocenters. The minimum absolute atomic E-state index is 0.406. The van der Waals surface area contributed by atoms with Gasteiger partial charge in [-0.05, 0) is 31.7 Å². The number of nitrogens with zero attached hydrogens (tertiary/aromatic N) is 1. The molecule has 0 bridgehead atoms. The molecule has 0 spiro atoms. The van der Waals surface area contributed by atoms with E-state index in [0.29, 0.717) is 11.6 Å². The zero-order valence-electron chi connectivity index (χ0n) is 11.1. The van der Waals surface area contributed by atoms with E-state index < -0.39 is 18.0 Å². The molecule has 1 aromatic rings. The zero-order valence-corrected chi connectivity index (χ0v) is 11.9. The summed E-state index contributed by atoms with van der Waals surface area (Å²) in [5.41, 5.74) is 0.993. The average molecular weight is 285 g/mol.